The summed E-state index contributed by atoms with van der Waals surface area (Å²) in [6.45, 7) is 1.96. The molecule has 2 atom stereocenters. The van der Waals surface area contributed by atoms with Gasteiger partial charge in [0.05, 0.1) is 10.8 Å². The Labute approximate surface area is 126 Å². The van der Waals surface area contributed by atoms with E-state index >= 15 is 0 Å². The first-order valence-corrected chi connectivity index (χ1v) is 8.92. The lowest BCUT2D eigenvalue weighted by atomic mass is 10.0. The van der Waals surface area contributed by atoms with Crippen LogP contribution in [0.2, 0.25) is 0 Å². The molecule has 0 amide bonds. The number of thioether (sulfide) groups is 1. The van der Waals surface area contributed by atoms with Crippen molar-refractivity contribution < 1.29 is 4.21 Å². The van der Waals surface area contributed by atoms with E-state index < -0.39 is 10.8 Å². The van der Waals surface area contributed by atoms with E-state index in [0.717, 1.165) is 21.9 Å². The third kappa shape index (κ3) is 2.63. The van der Waals surface area contributed by atoms with Crippen LogP contribution in [0.25, 0.3) is 0 Å². The van der Waals surface area contributed by atoms with Gasteiger partial charge in [-0.15, -0.1) is 11.8 Å². The van der Waals surface area contributed by atoms with Crippen LogP contribution >= 0.6 is 11.8 Å². The third-order valence-corrected chi connectivity index (χ3v) is 6.39. The van der Waals surface area contributed by atoms with Crippen LogP contribution in [0.3, 0.4) is 0 Å². The smallest absolute Gasteiger partial charge is 0.0536 e. The van der Waals surface area contributed by atoms with Gasteiger partial charge in [0.1, 0.15) is 0 Å². The minimum Gasteiger partial charge on any atom is -0.399 e. The van der Waals surface area contributed by atoms with Gasteiger partial charge >= 0.3 is 0 Å². The van der Waals surface area contributed by atoms with Gasteiger partial charge in [-0.2, -0.15) is 0 Å². The Morgan fingerprint density at radius 1 is 1.30 bits per heavy atom. The number of nitrogen functional groups attached to an aromatic ring is 1. The molecule has 2 nitrogen and oxygen atoms in total. The zero-order valence-corrected chi connectivity index (χ0v) is 13.0. The molecule has 4 heteroatoms. The van der Waals surface area contributed by atoms with Gasteiger partial charge in [0, 0.05) is 32.9 Å². The number of anilines is 1. The van der Waals surface area contributed by atoms with Crippen LogP contribution in [0.5, 0.6) is 0 Å². The van der Waals surface area contributed by atoms with Gasteiger partial charge in [0.2, 0.25) is 0 Å². The maximum atomic E-state index is 12.5. The molecule has 104 valence electrons. The normalized spacial score (nSPS) is 18.8. The second-order valence-corrected chi connectivity index (χ2v) is 7.63. The number of aryl methyl sites for hydroxylation is 1. The van der Waals surface area contributed by atoms with Gasteiger partial charge in [0.15, 0.2) is 0 Å². The van der Waals surface area contributed by atoms with Crippen molar-refractivity contribution in [2.45, 2.75) is 22.6 Å². The standard InChI is InChI=1S/C16H17NOS2/c1-11-8-13(6-7-15(11)17)20(18)10-12-9-19-16-5-3-2-4-14(12)16/h2-8,12H,9-10,17H2,1H3. The summed E-state index contributed by atoms with van der Waals surface area (Å²) in [6.07, 6.45) is 0. The van der Waals surface area contributed by atoms with E-state index in [1.165, 1.54) is 10.5 Å². The molecule has 0 saturated heterocycles. The summed E-state index contributed by atoms with van der Waals surface area (Å²) in [5.41, 5.74) is 8.91. The molecule has 2 aromatic carbocycles. The van der Waals surface area contributed by atoms with Gasteiger partial charge in [-0.3, -0.25) is 4.21 Å². The Bertz CT molecular complexity index is 669. The van der Waals surface area contributed by atoms with E-state index in [9.17, 15) is 4.21 Å². The molecule has 0 radical (unpaired) electrons. The number of rotatable bonds is 3. The summed E-state index contributed by atoms with van der Waals surface area (Å²) in [7, 11) is -0.968. The highest BCUT2D eigenvalue weighted by molar-refractivity contribution is 7.99. The number of hydrogen-bond donors (Lipinski definition) is 1. The number of benzene rings is 2. The van der Waals surface area contributed by atoms with Crippen molar-refractivity contribution in [3.05, 3.63) is 53.6 Å². The fourth-order valence-electron chi connectivity index (χ4n) is 2.44. The molecule has 0 bridgehead atoms. The highest BCUT2D eigenvalue weighted by atomic mass is 32.2. The topological polar surface area (TPSA) is 43.1 Å². The van der Waals surface area contributed by atoms with Crippen LogP contribution in [-0.2, 0) is 10.8 Å². The minimum absolute atomic E-state index is 0.384. The molecule has 0 saturated carbocycles. The van der Waals surface area contributed by atoms with Crippen molar-refractivity contribution >= 4 is 28.2 Å². The van der Waals surface area contributed by atoms with Gasteiger partial charge in [-0.25, -0.2) is 0 Å². The van der Waals surface area contributed by atoms with Crippen molar-refractivity contribution in [3.63, 3.8) is 0 Å². The lowest BCUT2D eigenvalue weighted by molar-refractivity contribution is 0.678. The molecule has 3 rings (SSSR count). The lowest BCUT2D eigenvalue weighted by Crippen LogP contribution is -2.09. The first-order valence-electron chi connectivity index (χ1n) is 6.61. The van der Waals surface area contributed by atoms with Crippen molar-refractivity contribution in [2.24, 2.45) is 0 Å². The molecule has 0 spiro atoms. The fraction of sp³-hybridized carbons (Fsp3) is 0.250. The van der Waals surface area contributed by atoms with Crippen LogP contribution in [0, 0.1) is 6.92 Å². The van der Waals surface area contributed by atoms with Crippen LogP contribution < -0.4 is 5.73 Å². The first kappa shape index (κ1) is 13.7. The number of fused-ring (bicyclic) bond motifs is 1. The molecular formula is C16H17NOS2. The third-order valence-electron chi connectivity index (χ3n) is 3.66. The largest absolute Gasteiger partial charge is 0.399 e. The van der Waals surface area contributed by atoms with E-state index in [1.54, 1.807) is 0 Å². The second-order valence-electron chi connectivity index (χ2n) is 5.08. The Hall–Kier alpha value is -1.26. The van der Waals surface area contributed by atoms with Crippen molar-refractivity contribution in [1.29, 1.82) is 0 Å². The molecule has 1 heterocycles. The molecule has 2 aromatic rings. The number of nitrogens with two attached hydrogens (primary N) is 1. The molecule has 0 fully saturated rings. The second kappa shape index (κ2) is 5.62. The summed E-state index contributed by atoms with van der Waals surface area (Å²) in [5, 5.41) is 0. The predicted molar refractivity (Wildman–Crippen MR) is 86.8 cm³/mol. The molecular weight excluding hydrogens is 286 g/mol. The monoisotopic (exact) mass is 303 g/mol. The Balaban J connectivity index is 1.79. The molecule has 0 aromatic heterocycles. The molecule has 1 aliphatic rings. The van der Waals surface area contributed by atoms with Crippen LogP contribution in [0.1, 0.15) is 17.0 Å². The summed E-state index contributed by atoms with van der Waals surface area (Å²) in [6, 6.07) is 14.1. The number of hydrogen-bond acceptors (Lipinski definition) is 3. The highest BCUT2D eigenvalue weighted by Gasteiger charge is 2.24. The van der Waals surface area contributed by atoms with Gasteiger partial charge in [-0.1, -0.05) is 18.2 Å². The van der Waals surface area contributed by atoms with Crippen LogP contribution in [0.4, 0.5) is 5.69 Å². The van der Waals surface area contributed by atoms with E-state index in [-0.39, 0.29) is 0 Å². The van der Waals surface area contributed by atoms with Crippen LogP contribution in [-0.4, -0.2) is 15.7 Å². The minimum atomic E-state index is -0.968. The van der Waals surface area contributed by atoms with E-state index in [4.69, 9.17) is 5.73 Å². The Morgan fingerprint density at radius 3 is 2.90 bits per heavy atom. The first-order chi connectivity index (χ1) is 9.65. The maximum Gasteiger partial charge on any atom is 0.0536 e. The molecule has 1 aliphatic heterocycles. The van der Waals surface area contributed by atoms with E-state index in [1.807, 2.05) is 36.9 Å². The SMILES string of the molecule is Cc1cc(S(=O)CC2CSc3ccccc32)ccc1N. The van der Waals surface area contributed by atoms with Gasteiger partial charge in [-0.05, 0) is 42.3 Å². The fourth-order valence-corrected chi connectivity index (χ4v) is 5.22. The quantitative estimate of drug-likeness (QED) is 0.881. The van der Waals surface area contributed by atoms with Gasteiger partial charge in [0.25, 0.3) is 0 Å². The predicted octanol–water partition coefficient (Wildman–Crippen LogP) is 3.57. The van der Waals surface area contributed by atoms with Crippen LogP contribution in [0.15, 0.2) is 52.3 Å². The zero-order valence-electron chi connectivity index (χ0n) is 11.3. The summed E-state index contributed by atoms with van der Waals surface area (Å²) in [4.78, 5) is 2.22. The summed E-state index contributed by atoms with van der Waals surface area (Å²) < 4.78 is 12.5. The molecule has 20 heavy (non-hydrogen) atoms. The summed E-state index contributed by atoms with van der Waals surface area (Å²) >= 11 is 1.86. The summed E-state index contributed by atoms with van der Waals surface area (Å²) in [5.74, 6) is 2.10. The maximum absolute atomic E-state index is 12.5. The van der Waals surface area contributed by atoms with Crippen molar-refractivity contribution in [1.82, 2.24) is 0 Å². The average Bonchev–Trinajstić information content (AvgIpc) is 2.85. The van der Waals surface area contributed by atoms with E-state index in [2.05, 4.69) is 24.3 Å². The van der Waals surface area contributed by atoms with E-state index in [0.29, 0.717) is 11.7 Å². The zero-order chi connectivity index (χ0) is 14.1. The molecule has 2 N–H and O–H groups in total. The Morgan fingerprint density at radius 2 is 2.10 bits per heavy atom. The molecule has 2 unspecified atom stereocenters. The molecule has 0 aliphatic carbocycles. The van der Waals surface area contributed by atoms with Crippen molar-refractivity contribution in [3.8, 4) is 0 Å². The lowest BCUT2D eigenvalue weighted by Gasteiger charge is -2.11. The highest BCUT2D eigenvalue weighted by Crippen LogP contribution is 2.40. The van der Waals surface area contributed by atoms with Gasteiger partial charge < -0.3 is 5.73 Å². The van der Waals surface area contributed by atoms with Crippen molar-refractivity contribution in [2.75, 3.05) is 17.2 Å². The Kier molecular flexibility index (Phi) is 3.85. The average molecular weight is 303 g/mol.